The molecule has 3 aromatic rings. The third-order valence-electron chi connectivity index (χ3n) is 2.94. The zero-order chi connectivity index (χ0) is 15.7. The maximum absolute atomic E-state index is 12.1. The second kappa shape index (κ2) is 5.76. The van der Waals surface area contributed by atoms with Crippen LogP contribution in [0.3, 0.4) is 0 Å². The van der Waals surface area contributed by atoms with Crippen molar-refractivity contribution in [2.75, 3.05) is 5.32 Å². The average molecular weight is 366 g/mol. The molecule has 0 spiro atoms. The summed E-state index contributed by atoms with van der Waals surface area (Å²) in [4.78, 5) is 12.1. The van der Waals surface area contributed by atoms with Crippen molar-refractivity contribution in [2.24, 2.45) is 0 Å². The van der Waals surface area contributed by atoms with E-state index in [0.717, 1.165) is 5.69 Å². The molecule has 8 nitrogen and oxygen atoms in total. The molecule has 0 unspecified atom stereocenters. The zero-order valence-electron chi connectivity index (χ0n) is 11.8. The van der Waals surface area contributed by atoms with Crippen molar-refractivity contribution in [3.8, 4) is 11.7 Å². The highest BCUT2D eigenvalue weighted by molar-refractivity contribution is 9.10. The third kappa shape index (κ3) is 2.80. The summed E-state index contributed by atoms with van der Waals surface area (Å²) < 4.78 is 12.9. The smallest absolute Gasteiger partial charge is 0.322 e. The topological polar surface area (TPSA) is 99.0 Å². The van der Waals surface area contributed by atoms with E-state index in [-0.39, 0.29) is 11.9 Å². The van der Waals surface area contributed by atoms with E-state index < -0.39 is 5.91 Å². The van der Waals surface area contributed by atoms with E-state index >= 15 is 0 Å². The minimum atomic E-state index is -0.411. The van der Waals surface area contributed by atoms with Crippen molar-refractivity contribution in [3.63, 3.8) is 0 Å². The molecule has 0 aliphatic carbocycles. The third-order valence-corrected chi connectivity index (χ3v) is 3.37. The van der Waals surface area contributed by atoms with E-state index in [1.165, 1.54) is 0 Å². The summed E-state index contributed by atoms with van der Waals surface area (Å²) in [6.07, 6.45) is 0. The van der Waals surface area contributed by atoms with E-state index in [2.05, 4.69) is 36.5 Å². The number of aryl methyl sites for hydroxylation is 2. The van der Waals surface area contributed by atoms with Crippen LogP contribution >= 0.6 is 15.9 Å². The molecule has 0 aliphatic rings. The maximum atomic E-state index is 12.1. The van der Waals surface area contributed by atoms with E-state index in [0.29, 0.717) is 22.7 Å². The zero-order valence-corrected chi connectivity index (χ0v) is 13.4. The van der Waals surface area contributed by atoms with Gasteiger partial charge in [0, 0.05) is 12.2 Å². The molecule has 9 heteroatoms. The van der Waals surface area contributed by atoms with Crippen molar-refractivity contribution in [2.45, 2.75) is 20.4 Å². The summed E-state index contributed by atoms with van der Waals surface area (Å²) in [7, 11) is 0. The van der Waals surface area contributed by atoms with Crippen LogP contribution in [0.2, 0.25) is 0 Å². The molecule has 0 atom stereocenters. The number of carbonyl (C=O) groups is 1. The number of amides is 1. The fourth-order valence-electron chi connectivity index (χ4n) is 1.90. The monoisotopic (exact) mass is 365 g/mol. The highest BCUT2D eigenvalue weighted by Gasteiger charge is 2.17. The van der Waals surface area contributed by atoms with Gasteiger partial charge in [0.05, 0.1) is 0 Å². The molecule has 0 radical (unpaired) electrons. The number of carbonyl (C=O) groups excluding carboxylic acids is 1. The van der Waals surface area contributed by atoms with E-state index in [1.54, 1.807) is 22.9 Å². The Labute approximate surface area is 133 Å². The van der Waals surface area contributed by atoms with Crippen LogP contribution in [0.5, 0.6) is 0 Å². The standard InChI is InChI=1S/C13H12BrN5O3/c1-3-19-7(2)6-8(18-19)11(20)15-13-17-16-12(22-13)9-4-5-10(14)21-9/h4-6H,3H2,1-2H3,(H,15,17,20). The molecule has 114 valence electrons. The number of nitrogens with one attached hydrogen (secondary N) is 1. The number of halogens is 1. The summed E-state index contributed by atoms with van der Waals surface area (Å²) in [6, 6.07) is 5.06. The second-order valence-electron chi connectivity index (χ2n) is 4.46. The first-order chi connectivity index (χ1) is 10.6. The van der Waals surface area contributed by atoms with Gasteiger partial charge in [-0.2, -0.15) is 5.10 Å². The summed E-state index contributed by atoms with van der Waals surface area (Å²) in [6.45, 7) is 4.53. The van der Waals surface area contributed by atoms with Gasteiger partial charge in [0.1, 0.15) is 0 Å². The number of rotatable bonds is 4. The largest absolute Gasteiger partial charge is 0.444 e. The van der Waals surface area contributed by atoms with E-state index in [9.17, 15) is 4.79 Å². The lowest BCUT2D eigenvalue weighted by Crippen LogP contribution is -2.13. The Bertz CT molecular complexity index is 819. The van der Waals surface area contributed by atoms with Gasteiger partial charge in [-0.15, -0.1) is 5.10 Å². The Morgan fingerprint density at radius 3 is 2.82 bits per heavy atom. The number of hydrogen-bond donors (Lipinski definition) is 1. The quantitative estimate of drug-likeness (QED) is 0.762. The molecule has 0 saturated heterocycles. The van der Waals surface area contributed by atoms with Crippen LogP contribution in [0.1, 0.15) is 23.1 Å². The van der Waals surface area contributed by atoms with Crippen molar-refractivity contribution >= 4 is 27.9 Å². The number of anilines is 1. The SMILES string of the molecule is CCn1nc(C(=O)Nc2nnc(-c3ccc(Br)o3)o2)cc1C. The molecule has 0 aliphatic heterocycles. The van der Waals surface area contributed by atoms with Crippen LogP contribution in [0.4, 0.5) is 6.01 Å². The number of aromatic nitrogens is 4. The molecule has 3 aromatic heterocycles. The van der Waals surface area contributed by atoms with Crippen LogP contribution in [0, 0.1) is 6.92 Å². The molecule has 1 N–H and O–H groups in total. The van der Waals surface area contributed by atoms with E-state index in [1.807, 2.05) is 13.8 Å². The number of nitrogens with zero attached hydrogens (tertiary/aromatic N) is 4. The lowest BCUT2D eigenvalue weighted by molar-refractivity contribution is 0.101. The predicted octanol–water partition coefficient (Wildman–Crippen LogP) is 2.87. The molecule has 22 heavy (non-hydrogen) atoms. The summed E-state index contributed by atoms with van der Waals surface area (Å²) >= 11 is 3.19. The van der Waals surface area contributed by atoms with Gasteiger partial charge in [-0.05, 0) is 48.0 Å². The lowest BCUT2D eigenvalue weighted by Gasteiger charge is -1.97. The van der Waals surface area contributed by atoms with Gasteiger partial charge in [-0.25, -0.2) is 0 Å². The lowest BCUT2D eigenvalue weighted by atomic mass is 10.3. The average Bonchev–Trinajstić information content (AvgIpc) is 3.18. The summed E-state index contributed by atoms with van der Waals surface area (Å²) in [5.74, 6) is 0.174. The highest BCUT2D eigenvalue weighted by Crippen LogP contribution is 2.24. The van der Waals surface area contributed by atoms with Crippen LogP contribution in [-0.2, 0) is 6.54 Å². The van der Waals surface area contributed by atoms with Crippen LogP contribution in [0.15, 0.2) is 31.7 Å². The molecule has 0 saturated carbocycles. The number of furan rings is 1. The predicted molar refractivity (Wildman–Crippen MR) is 80.3 cm³/mol. The van der Waals surface area contributed by atoms with E-state index in [4.69, 9.17) is 8.83 Å². The molecular weight excluding hydrogens is 354 g/mol. The van der Waals surface area contributed by atoms with Crippen molar-refractivity contribution < 1.29 is 13.6 Å². The minimum absolute atomic E-state index is 0.0174. The normalized spacial score (nSPS) is 10.9. The van der Waals surface area contributed by atoms with Crippen LogP contribution in [-0.4, -0.2) is 25.9 Å². The Morgan fingerprint density at radius 1 is 1.36 bits per heavy atom. The Hall–Kier alpha value is -2.42. The molecule has 3 rings (SSSR count). The fraction of sp³-hybridized carbons (Fsp3) is 0.231. The van der Waals surface area contributed by atoms with Gasteiger partial charge in [0.25, 0.3) is 11.8 Å². The first-order valence-corrected chi connectivity index (χ1v) is 7.31. The molecule has 1 amide bonds. The van der Waals surface area contributed by atoms with Crippen molar-refractivity contribution in [1.82, 2.24) is 20.0 Å². The molecule has 0 aromatic carbocycles. The molecule has 3 heterocycles. The van der Waals surface area contributed by atoms with Crippen LogP contribution in [0.25, 0.3) is 11.7 Å². The first-order valence-electron chi connectivity index (χ1n) is 6.52. The summed E-state index contributed by atoms with van der Waals surface area (Å²) in [5.41, 5.74) is 1.19. The Morgan fingerprint density at radius 2 is 2.18 bits per heavy atom. The van der Waals surface area contributed by atoms with Gasteiger partial charge in [0.15, 0.2) is 16.1 Å². The van der Waals surface area contributed by atoms with Gasteiger partial charge < -0.3 is 8.83 Å². The second-order valence-corrected chi connectivity index (χ2v) is 5.24. The number of hydrogen-bond acceptors (Lipinski definition) is 6. The molecule has 0 bridgehead atoms. The van der Waals surface area contributed by atoms with Gasteiger partial charge in [-0.3, -0.25) is 14.8 Å². The Kier molecular flexibility index (Phi) is 3.80. The Balaban J connectivity index is 1.75. The maximum Gasteiger partial charge on any atom is 0.322 e. The fourth-order valence-corrected chi connectivity index (χ4v) is 2.21. The van der Waals surface area contributed by atoms with Gasteiger partial charge in [-0.1, -0.05) is 5.10 Å². The van der Waals surface area contributed by atoms with Crippen molar-refractivity contribution in [3.05, 3.63) is 34.3 Å². The first kappa shape index (κ1) is 14.5. The van der Waals surface area contributed by atoms with Gasteiger partial charge >= 0.3 is 6.01 Å². The highest BCUT2D eigenvalue weighted by atomic mass is 79.9. The molecular formula is C13H12BrN5O3. The van der Waals surface area contributed by atoms with Crippen LogP contribution < -0.4 is 5.32 Å². The molecule has 0 fully saturated rings. The minimum Gasteiger partial charge on any atom is -0.444 e. The van der Waals surface area contributed by atoms with Crippen molar-refractivity contribution in [1.29, 1.82) is 0 Å². The summed E-state index contributed by atoms with van der Waals surface area (Å²) in [5, 5.41) is 14.3. The van der Waals surface area contributed by atoms with Gasteiger partial charge in [0.2, 0.25) is 0 Å².